The third-order valence-electron chi connectivity index (χ3n) is 9.88. The lowest BCUT2D eigenvalue weighted by Gasteiger charge is -2.40. The second-order valence-electron chi connectivity index (χ2n) is 15.7. The average molecular weight is 738 g/mol. The minimum absolute atomic E-state index is 0.00282. The van der Waals surface area contributed by atoms with Gasteiger partial charge in [0.25, 0.3) is 0 Å². The highest BCUT2D eigenvalue weighted by Gasteiger charge is 2.47. The number of aromatic nitrogens is 2. The Hall–Kier alpha value is -2.61. The van der Waals surface area contributed by atoms with Crippen LogP contribution >= 0.6 is 12.6 Å². The summed E-state index contributed by atoms with van der Waals surface area (Å²) < 4.78 is 33.7. The molecule has 0 unspecified atom stereocenters. The molecule has 4 atom stereocenters. The number of nitrogens with zero attached hydrogens (tertiary/aromatic N) is 2. The molecule has 16 heteroatoms. The van der Waals surface area contributed by atoms with Crippen molar-refractivity contribution >= 4 is 46.8 Å². The fourth-order valence-electron chi connectivity index (χ4n) is 4.77. The summed E-state index contributed by atoms with van der Waals surface area (Å²) >= 11 is 3.99. The van der Waals surface area contributed by atoms with E-state index in [1.807, 2.05) is 0 Å². The van der Waals surface area contributed by atoms with Gasteiger partial charge in [0.05, 0.1) is 31.6 Å². The first-order valence-corrected chi connectivity index (χ1v) is 23.3. The SMILES string of the molecule is CC(C)(C)[Si](C)(C)OC[C@H]1O[C@@H](n2cc3c(nc2=O)Nc2c(OCCNC(=O)NC[C@@H](O)CS)cccc2O3)C[C@@H]1O[Si](C)(C)C(C)(C)C. The third kappa shape index (κ3) is 9.59. The van der Waals surface area contributed by atoms with Crippen LogP contribution in [0.1, 0.15) is 54.2 Å². The van der Waals surface area contributed by atoms with Gasteiger partial charge in [-0.3, -0.25) is 4.57 Å². The molecule has 4 rings (SSSR count). The normalized spacial score (nSPS) is 20.0. The van der Waals surface area contributed by atoms with E-state index < -0.39 is 40.7 Å². The standard InChI is InChI=1S/C33H55N5O8SSi2/c1-32(2,3)48(7,8)43-19-26-24(46-49(9,10)33(4,5)6)16-27(45-26)38-18-25-29(37-31(38)41)36-28-22(12-11-13-23(28)44-25)42-15-14-34-30(40)35-17-21(39)20-47/h11-13,18,21,24,26-27,39,47H,14-17,19-20H2,1-10H3,(H2,34,35,40)(H,36,37,41)/t21-,24+,26-,27-/m1/s1. The van der Waals surface area contributed by atoms with Gasteiger partial charge in [0.1, 0.15) is 30.4 Å². The average Bonchev–Trinajstić information content (AvgIpc) is 3.40. The first-order chi connectivity index (χ1) is 22.7. The third-order valence-corrected chi connectivity index (χ3v) is 19.3. The van der Waals surface area contributed by atoms with Crippen molar-refractivity contribution in [3.8, 4) is 17.2 Å². The van der Waals surface area contributed by atoms with Crippen LogP contribution in [-0.4, -0.2) is 87.7 Å². The molecule has 2 aliphatic heterocycles. The number of para-hydroxylation sites is 1. The summed E-state index contributed by atoms with van der Waals surface area (Å²) in [7, 11) is -4.24. The summed E-state index contributed by atoms with van der Waals surface area (Å²) in [5.41, 5.74) is 0.0285. The summed E-state index contributed by atoms with van der Waals surface area (Å²) in [4.78, 5) is 29.8. The van der Waals surface area contributed by atoms with Gasteiger partial charge in [-0.1, -0.05) is 47.6 Å². The number of hydrogen-bond donors (Lipinski definition) is 5. The van der Waals surface area contributed by atoms with E-state index in [-0.39, 0.29) is 53.6 Å². The molecule has 0 aliphatic carbocycles. The van der Waals surface area contributed by atoms with E-state index in [4.69, 9.17) is 23.1 Å². The molecule has 2 aromatic rings. The largest absolute Gasteiger partial charge is 0.489 e. The van der Waals surface area contributed by atoms with Gasteiger partial charge in [-0.2, -0.15) is 17.6 Å². The smallest absolute Gasteiger partial charge is 0.351 e. The zero-order chi connectivity index (χ0) is 36.4. The van der Waals surface area contributed by atoms with Gasteiger partial charge in [-0.05, 0) is 48.4 Å². The fraction of sp³-hybridized carbons (Fsp3) is 0.667. The Morgan fingerprint density at radius 1 is 1.12 bits per heavy atom. The van der Waals surface area contributed by atoms with Crippen molar-refractivity contribution in [3.05, 3.63) is 34.9 Å². The number of ether oxygens (including phenoxy) is 3. The summed E-state index contributed by atoms with van der Waals surface area (Å²) in [6.07, 6.45) is 0.169. The predicted octanol–water partition coefficient (Wildman–Crippen LogP) is 5.76. The lowest BCUT2D eigenvalue weighted by atomic mass is 10.2. The first kappa shape index (κ1) is 39.2. The number of anilines is 2. The quantitative estimate of drug-likeness (QED) is 0.0831. The molecule has 1 aromatic carbocycles. The van der Waals surface area contributed by atoms with E-state index in [9.17, 15) is 14.7 Å². The van der Waals surface area contributed by atoms with Crippen LogP contribution in [0.3, 0.4) is 0 Å². The molecule has 13 nitrogen and oxygen atoms in total. The van der Waals surface area contributed by atoms with Gasteiger partial charge in [-0.25, -0.2) is 9.59 Å². The molecule has 0 saturated carbocycles. The van der Waals surface area contributed by atoms with Gasteiger partial charge < -0.3 is 44.1 Å². The summed E-state index contributed by atoms with van der Waals surface area (Å²) in [5, 5.41) is 18.0. The van der Waals surface area contributed by atoms with Crippen molar-refractivity contribution in [2.45, 2.75) is 109 Å². The number of aliphatic hydroxyl groups excluding tert-OH is 1. The molecule has 4 N–H and O–H groups in total. The van der Waals surface area contributed by atoms with Crippen LogP contribution in [0.25, 0.3) is 0 Å². The number of aliphatic hydroxyl groups is 1. The highest BCUT2D eigenvalue weighted by Crippen LogP contribution is 2.46. The number of urea groups is 1. The van der Waals surface area contributed by atoms with Crippen LogP contribution in [0.5, 0.6) is 17.2 Å². The van der Waals surface area contributed by atoms with Gasteiger partial charge >= 0.3 is 11.7 Å². The van der Waals surface area contributed by atoms with Crippen LogP contribution in [0, 0.1) is 0 Å². The molecule has 0 bridgehead atoms. The van der Waals surface area contributed by atoms with Crippen molar-refractivity contribution in [2.24, 2.45) is 0 Å². The molecule has 2 aliphatic rings. The van der Waals surface area contributed by atoms with Crippen molar-refractivity contribution in [2.75, 3.05) is 37.4 Å². The van der Waals surface area contributed by atoms with Crippen LogP contribution in [0.15, 0.2) is 29.2 Å². The first-order valence-electron chi connectivity index (χ1n) is 16.8. The molecular formula is C33H55N5O8SSi2. The van der Waals surface area contributed by atoms with E-state index in [0.29, 0.717) is 36.0 Å². The Bertz CT molecular complexity index is 1530. The molecule has 2 amide bonds. The summed E-state index contributed by atoms with van der Waals surface area (Å²) in [6, 6.07) is 4.91. The lowest BCUT2D eigenvalue weighted by Crippen LogP contribution is -2.48. The van der Waals surface area contributed by atoms with Gasteiger partial charge in [0, 0.05) is 18.7 Å². The minimum atomic E-state index is -2.17. The molecule has 1 saturated heterocycles. The number of fused-ring (bicyclic) bond motifs is 2. The molecule has 0 radical (unpaired) electrons. The maximum Gasteiger partial charge on any atom is 0.351 e. The molecule has 1 fully saturated rings. The van der Waals surface area contributed by atoms with Crippen molar-refractivity contribution in [1.29, 1.82) is 0 Å². The van der Waals surface area contributed by atoms with Crippen molar-refractivity contribution in [3.63, 3.8) is 0 Å². The van der Waals surface area contributed by atoms with E-state index >= 15 is 0 Å². The van der Waals surface area contributed by atoms with Crippen LogP contribution in [-0.2, 0) is 13.6 Å². The van der Waals surface area contributed by atoms with Gasteiger partial charge in [0.2, 0.25) is 0 Å². The Kier molecular flexibility index (Phi) is 12.3. The maximum atomic E-state index is 13.5. The molecular weight excluding hydrogens is 683 g/mol. The number of carbonyl (C=O) groups excluding carboxylic acids is 1. The Morgan fingerprint density at radius 2 is 1.82 bits per heavy atom. The van der Waals surface area contributed by atoms with Gasteiger partial charge in [0.15, 0.2) is 34.0 Å². The predicted molar refractivity (Wildman–Crippen MR) is 199 cm³/mol. The number of amides is 2. The minimum Gasteiger partial charge on any atom is -0.489 e. The summed E-state index contributed by atoms with van der Waals surface area (Å²) in [6.45, 7) is 23.0. The van der Waals surface area contributed by atoms with E-state index in [1.165, 1.54) is 4.57 Å². The Balaban J connectivity index is 1.48. The van der Waals surface area contributed by atoms with Crippen molar-refractivity contribution < 1.29 is 33.0 Å². The molecule has 274 valence electrons. The van der Waals surface area contributed by atoms with Crippen LogP contribution in [0.2, 0.25) is 36.3 Å². The number of carbonyl (C=O) groups is 1. The highest BCUT2D eigenvalue weighted by molar-refractivity contribution is 7.80. The monoisotopic (exact) mass is 737 g/mol. The van der Waals surface area contributed by atoms with Gasteiger partial charge in [-0.15, -0.1) is 0 Å². The summed E-state index contributed by atoms with van der Waals surface area (Å²) in [5.74, 6) is 1.84. The second kappa shape index (κ2) is 15.3. The molecule has 0 spiro atoms. The van der Waals surface area contributed by atoms with Crippen molar-refractivity contribution in [1.82, 2.24) is 20.2 Å². The number of nitrogens with one attached hydrogen (secondary N) is 3. The molecule has 3 heterocycles. The molecule has 1 aromatic heterocycles. The zero-order valence-corrected chi connectivity index (χ0v) is 33.4. The second-order valence-corrected chi connectivity index (χ2v) is 25.6. The number of thiol groups is 1. The fourth-order valence-corrected chi connectivity index (χ4v) is 7.27. The molecule has 49 heavy (non-hydrogen) atoms. The van der Waals surface area contributed by atoms with E-state index in [0.717, 1.165) is 0 Å². The lowest BCUT2D eigenvalue weighted by molar-refractivity contribution is -0.0413. The number of rotatable bonds is 13. The topological polar surface area (TPSA) is 154 Å². The number of benzene rings is 1. The van der Waals surface area contributed by atoms with Crippen LogP contribution < -0.4 is 31.1 Å². The van der Waals surface area contributed by atoms with E-state index in [2.05, 4.69) is 101 Å². The maximum absolute atomic E-state index is 13.5. The Morgan fingerprint density at radius 3 is 2.47 bits per heavy atom. The zero-order valence-electron chi connectivity index (χ0n) is 30.5. The van der Waals surface area contributed by atoms with E-state index in [1.54, 1.807) is 24.4 Å². The Labute approximate surface area is 297 Å². The van der Waals surface area contributed by atoms with Crippen LogP contribution in [0.4, 0.5) is 16.3 Å². The number of hydrogen-bond acceptors (Lipinski definition) is 11. The highest BCUT2D eigenvalue weighted by atomic mass is 32.1.